The molecule has 3 heteroatoms. The van der Waals surface area contributed by atoms with Gasteiger partial charge in [-0.25, -0.2) is 0 Å². The summed E-state index contributed by atoms with van der Waals surface area (Å²) in [6.45, 7) is 1.02. The number of halogens is 1. The number of hydrogen-bond acceptors (Lipinski definition) is 2. The summed E-state index contributed by atoms with van der Waals surface area (Å²) < 4.78 is 0.914. The van der Waals surface area contributed by atoms with Gasteiger partial charge < -0.3 is 5.32 Å². The van der Waals surface area contributed by atoms with Crippen molar-refractivity contribution in [1.29, 1.82) is 0 Å². The lowest BCUT2D eigenvalue weighted by Gasteiger charge is -2.54. The molecule has 0 spiro atoms. The number of nitrogens with one attached hydrogen (secondary N) is 1. The lowest BCUT2D eigenvalue weighted by atomic mass is 9.54. The van der Waals surface area contributed by atoms with E-state index in [9.17, 15) is 0 Å². The molecule has 0 aromatic carbocycles. The average Bonchev–Trinajstić information content (AvgIpc) is 2.73. The highest BCUT2D eigenvalue weighted by Gasteiger charge is 2.47. The zero-order valence-electron chi connectivity index (χ0n) is 10.6. The van der Waals surface area contributed by atoms with E-state index in [4.69, 9.17) is 11.6 Å². The smallest absolute Gasteiger partial charge is 0.0931 e. The minimum Gasteiger partial charge on any atom is -0.309 e. The zero-order chi connectivity index (χ0) is 12.1. The van der Waals surface area contributed by atoms with Gasteiger partial charge in [0.1, 0.15) is 0 Å². The highest BCUT2D eigenvalue weighted by atomic mass is 35.5. The third-order valence-electron chi connectivity index (χ3n) is 5.37. The third kappa shape index (κ3) is 2.03. The standard InChI is InChI=1S/C15H20ClNS/c16-14-2-1-13(18-14)8-17-15-11-4-9-3-10(6-11)7-12(15)5-9/h1-2,9-12,15,17H,3-8H2. The second-order valence-electron chi connectivity index (χ2n) is 6.54. The minimum atomic E-state index is 0.790. The molecule has 0 saturated heterocycles. The molecule has 0 unspecified atom stereocenters. The first-order chi connectivity index (χ1) is 8.78. The van der Waals surface area contributed by atoms with Crippen LogP contribution in [0.5, 0.6) is 0 Å². The Morgan fingerprint density at radius 2 is 1.72 bits per heavy atom. The quantitative estimate of drug-likeness (QED) is 0.870. The fourth-order valence-electron chi connectivity index (χ4n) is 4.92. The summed E-state index contributed by atoms with van der Waals surface area (Å²) in [5.74, 6) is 4.08. The molecule has 1 N–H and O–H groups in total. The Balaban J connectivity index is 1.43. The Kier molecular flexibility index (Phi) is 2.94. The van der Waals surface area contributed by atoms with Crippen LogP contribution in [0.25, 0.3) is 0 Å². The van der Waals surface area contributed by atoms with Crippen molar-refractivity contribution in [2.45, 2.75) is 44.7 Å². The second kappa shape index (κ2) is 4.50. The van der Waals surface area contributed by atoms with Gasteiger partial charge in [-0.05, 0) is 67.9 Å². The highest BCUT2D eigenvalue weighted by Crippen LogP contribution is 2.53. The lowest BCUT2D eigenvalue weighted by Crippen LogP contribution is -2.54. The van der Waals surface area contributed by atoms with Gasteiger partial charge in [-0.1, -0.05) is 11.6 Å². The van der Waals surface area contributed by atoms with Crippen molar-refractivity contribution in [1.82, 2.24) is 5.32 Å². The molecule has 1 nitrogen and oxygen atoms in total. The molecule has 98 valence electrons. The molecule has 0 radical (unpaired) electrons. The SMILES string of the molecule is Clc1ccc(CNC2C3CC4CC(C3)CC2C4)s1. The summed E-state index contributed by atoms with van der Waals surface area (Å²) in [4.78, 5) is 1.38. The van der Waals surface area contributed by atoms with Crippen LogP contribution in [0.1, 0.15) is 37.0 Å². The predicted octanol–water partition coefficient (Wildman–Crippen LogP) is 4.32. The molecule has 0 aliphatic heterocycles. The van der Waals surface area contributed by atoms with E-state index in [-0.39, 0.29) is 0 Å². The van der Waals surface area contributed by atoms with Gasteiger partial charge in [0.25, 0.3) is 0 Å². The second-order valence-corrected chi connectivity index (χ2v) is 8.34. The van der Waals surface area contributed by atoms with Crippen LogP contribution < -0.4 is 5.32 Å². The molecule has 0 atom stereocenters. The van der Waals surface area contributed by atoms with Crippen LogP contribution in [0.3, 0.4) is 0 Å². The first kappa shape index (κ1) is 11.7. The van der Waals surface area contributed by atoms with E-state index in [2.05, 4.69) is 11.4 Å². The molecule has 4 bridgehead atoms. The molecule has 4 saturated carbocycles. The van der Waals surface area contributed by atoms with E-state index in [1.165, 1.54) is 30.6 Å². The summed E-state index contributed by atoms with van der Waals surface area (Å²) >= 11 is 7.71. The first-order valence-electron chi connectivity index (χ1n) is 7.25. The third-order valence-corrected chi connectivity index (χ3v) is 6.60. The maximum Gasteiger partial charge on any atom is 0.0931 e. The molecule has 18 heavy (non-hydrogen) atoms. The van der Waals surface area contributed by atoms with E-state index in [0.29, 0.717) is 0 Å². The average molecular weight is 282 g/mol. The highest BCUT2D eigenvalue weighted by molar-refractivity contribution is 7.16. The Morgan fingerprint density at radius 3 is 2.28 bits per heavy atom. The minimum absolute atomic E-state index is 0.790. The van der Waals surface area contributed by atoms with Gasteiger partial charge in [-0.15, -0.1) is 11.3 Å². The van der Waals surface area contributed by atoms with Crippen LogP contribution in [0.2, 0.25) is 4.34 Å². The van der Waals surface area contributed by atoms with Gasteiger partial charge in [0.05, 0.1) is 4.34 Å². The van der Waals surface area contributed by atoms with Crippen LogP contribution in [0, 0.1) is 23.7 Å². The normalized spacial score (nSPS) is 41.5. The van der Waals surface area contributed by atoms with Gasteiger partial charge >= 0.3 is 0 Å². The fourth-order valence-corrected chi connectivity index (χ4v) is 5.96. The molecule has 4 aliphatic rings. The molecule has 5 rings (SSSR count). The van der Waals surface area contributed by atoms with Crippen molar-refractivity contribution in [2.75, 3.05) is 0 Å². The number of rotatable bonds is 3. The van der Waals surface area contributed by atoms with Gasteiger partial charge in [-0.2, -0.15) is 0 Å². The number of thiophene rings is 1. The van der Waals surface area contributed by atoms with Crippen molar-refractivity contribution in [3.05, 3.63) is 21.3 Å². The summed E-state index contributed by atoms with van der Waals surface area (Å²) in [7, 11) is 0. The van der Waals surface area contributed by atoms with Gasteiger partial charge in [0.15, 0.2) is 0 Å². The van der Waals surface area contributed by atoms with E-state index in [1.54, 1.807) is 17.8 Å². The summed E-state index contributed by atoms with van der Waals surface area (Å²) in [6.07, 6.45) is 7.53. The summed E-state index contributed by atoms with van der Waals surface area (Å²) in [5.41, 5.74) is 0. The van der Waals surface area contributed by atoms with Gasteiger partial charge in [-0.3, -0.25) is 0 Å². The Bertz CT molecular complexity index is 413. The van der Waals surface area contributed by atoms with Crippen LogP contribution in [-0.4, -0.2) is 6.04 Å². The number of hydrogen-bond donors (Lipinski definition) is 1. The van der Waals surface area contributed by atoms with Crippen molar-refractivity contribution >= 4 is 22.9 Å². The molecule has 4 aliphatic carbocycles. The monoisotopic (exact) mass is 281 g/mol. The Hall–Kier alpha value is -0.0500. The van der Waals surface area contributed by atoms with Gasteiger partial charge in [0.2, 0.25) is 0 Å². The Morgan fingerprint density at radius 1 is 1.06 bits per heavy atom. The maximum atomic E-state index is 5.99. The summed E-state index contributed by atoms with van der Waals surface area (Å²) in [6, 6.07) is 4.97. The van der Waals surface area contributed by atoms with E-state index in [1.807, 2.05) is 6.07 Å². The van der Waals surface area contributed by atoms with E-state index < -0.39 is 0 Å². The van der Waals surface area contributed by atoms with E-state index >= 15 is 0 Å². The first-order valence-corrected chi connectivity index (χ1v) is 8.45. The van der Waals surface area contributed by atoms with Crippen LogP contribution >= 0.6 is 22.9 Å². The topological polar surface area (TPSA) is 12.0 Å². The summed E-state index contributed by atoms with van der Waals surface area (Å²) in [5, 5.41) is 3.85. The van der Waals surface area contributed by atoms with E-state index in [0.717, 1.165) is 40.6 Å². The lowest BCUT2D eigenvalue weighted by molar-refractivity contribution is -0.0141. The van der Waals surface area contributed by atoms with Crippen LogP contribution in [0.4, 0.5) is 0 Å². The molecular formula is C15H20ClNS. The van der Waals surface area contributed by atoms with Crippen LogP contribution in [0.15, 0.2) is 12.1 Å². The maximum absolute atomic E-state index is 5.99. The molecule has 0 amide bonds. The van der Waals surface area contributed by atoms with Crippen LogP contribution in [-0.2, 0) is 6.54 Å². The van der Waals surface area contributed by atoms with Crippen molar-refractivity contribution in [3.63, 3.8) is 0 Å². The van der Waals surface area contributed by atoms with Crippen molar-refractivity contribution in [2.24, 2.45) is 23.7 Å². The zero-order valence-corrected chi connectivity index (χ0v) is 12.1. The predicted molar refractivity (Wildman–Crippen MR) is 77.0 cm³/mol. The Labute approximate surface area is 118 Å². The molecule has 1 heterocycles. The van der Waals surface area contributed by atoms with Gasteiger partial charge in [0, 0.05) is 17.5 Å². The van der Waals surface area contributed by atoms with Crippen molar-refractivity contribution in [3.8, 4) is 0 Å². The van der Waals surface area contributed by atoms with Crippen molar-refractivity contribution < 1.29 is 0 Å². The molecule has 4 fully saturated rings. The molecule has 1 aromatic heterocycles. The molecular weight excluding hydrogens is 262 g/mol. The molecule has 1 aromatic rings. The fraction of sp³-hybridized carbons (Fsp3) is 0.733. The largest absolute Gasteiger partial charge is 0.309 e.